The number of benzene rings is 1. The highest BCUT2D eigenvalue weighted by Crippen LogP contribution is 2.34. The second-order valence-corrected chi connectivity index (χ2v) is 7.35. The van der Waals surface area contributed by atoms with Crippen molar-refractivity contribution >= 4 is 29.7 Å². The van der Waals surface area contributed by atoms with Crippen LogP contribution in [0.2, 0.25) is 0 Å². The van der Waals surface area contributed by atoms with Crippen molar-refractivity contribution in [1.29, 1.82) is 0 Å². The highest BCUT2D eigenvalue weighted by atomic mass is 16.6. The maximum atomic E-state index is 13.0. The Morgan fingerprint density at radius 1 is 0.903 bits per heavy atom. The monoisotopic (exact) mass is 433 g/mol. The van der Waals surface area contributed by atoms with Gasteiger partial charge in [-0.25, -0.2) is 0 Å². The van der Waals surface area contributed by atoms with Crippen molar-refractivity contribution in [3.05, 3.63) is 35.4 Å². The zero-order chi connectivity index (χ0) is 22.9. The van der Waals surface area contributed by atoms with Gasteiger partial charge in [0.2, 0.25) is 0 Å². The molecule has 2 aliphatic rings. The molecule has 0 bridgehead atoms. The first-order valence-electron chi connectivity index (χ1n) is 9.72. The summed E-state index contributed by atoms with van der Waals surface area (Å²) in [5, 5.41) is 0. The number of imide groups is 1. The summed E-state index contributed by atoms with van der Waals surface area (Å²) < 4.78 is 21.7. The molecule has 10 heteroatoms. The van der Waals surface area contributed by atoms with E-state index in [9.17, 15) is 24.0 Å². The molecule has 0 saturated carbocycles. The van der Waals surface area contributed by atoms with Gasteiger partial charge in [0.1, 0.15) is 18.8 Å². The van der Waals surface area contributed by atoms with Gasteiger partial charge in [-0.1, -0.05) is 12.1 Å². The van der Waals surface area contributed by atoms with Crippen LogP contribution in [0.5, 0.6) is 0 Å². The zero-order valence-corrected chi connectivity index (χ0v) is 17.5. The van der Waals surface area contributed by atoms with Gasteiger partial charge >= 0.3 is 17.9 Å². The van der Waals surface area contributed by atoms with E-state index >= 15 is 0 Å². The number of fused-ring (bicyclic) bond motifs is 1. The lowest BCUT2D eigenvalue weighted by Gasteiger charge is -2.46. The van der Waals surface area contributed by atoms with Crippen molar-refractivity contribution in [1.82, 2.24) is 4.90 Å². The summed E-state index contributed by atoms with van der Waals surface area (Å²) in [7, 11) is 0. The van der Waals surface area contributed by atoms with E-state index in [4.69, 9.17) is 18.9 Å². The lowest BCUT2D eigenvalue weighted by atomic mass is 9.91. The fourth-order valence-corrected chi connectivity index (χ4v) is 3.94. The van der Waals surface area contributed by atoms with E-state index in [2.05, 4.69) is 0 Å². The first-order chi connectivity index (χ1) is 14.6. The van der Waals surface area contributed by atoms with E-state index in [0.717, 1.165) is 18.7 Å². The summed E-state index contributed by atoms with van der Waals surface area (Å²) in [6, 6.07) is 5.24. The molecular weight excluding hydrogens is 410 g/mol. The Hall–Kier alpha value is -3.27. The molecule has 0 radical (unpaired) electrons. The van der Waals surface area contributed by atoms with Crippen LogP contribution in [0.15, 0.2) is 24.3 Å². The largest absolute Gasteiger partial charge is 0.463 e. The summed E-state index contributed by atoms with van der Waals surface area (Å²) in [4.78, 5) is 62.0. The summed E-state index contributed by atoms with van der Waals surface area (Å²) in [5.74, 6) is -3.13. The van der Waals surface area contributed by atoms with Gasteiger partial charge in [-0.05, 0) is 19.1 Å². The molecule has 2 heterocycles. The third-order valence-electron chi connectivity index (χ3n) is 5.08. The molecule has 1 aromatic rings. The van der Waals surface area contributed by atoms with Gasteiger partial charge in [0.15, 0.2) is 12.2 Å². The average molecular weight is 433 g/mol. The number of hydrogen-bond donors (Lipinski definition) is 0. The predicted octanol–water partition coefficient (Wildman–Crippen LogP) is 0.865. The van der Waals surface area contributed by atoms with Gasteiger partial charge < -0.3 is 18.9 Å². The summed E-state index contributed by atoms with van der Waals surface area (Å²) in [5.41, 5.74) is 0.430. The van der Waals surface area contributed by atoms with Crippen LogP contribution >= 0.6 is 0 Å². The van der Waals surface area contributed by atoms with Crippen molar-refractivity contribution in [2.75, 3.05) is 6.61 Å². The molecule has 10 nitrogen and oxygen atoms in total. The molecule has 0 aliphatic carbocycles. The van der Waals surface area contributed by atoms with E-state index in [1.54, 1.807) is 19.1 Å². The second-order valence-electron chi connectivity index (χ2n) is 7.35. The Morgan fingerprint density at radius 3 is 1.90 bits per heavy atom. The van der Waals surface area contributed by atoms with Crippen molar-refractivity contribution in [2.24, 2.45) is 0 Å². The van der Waals surface area contributed by atoms with Crippen LogP contribution in [0.4, 0.5) is 0 Å². The number of esters is 3. The number of nitrogens with zero attached hydrogens (tertiary/aromatic N) is 1. The Kier molecular flexibility index (Phi) is 6.40. The highest BCUT2D eigenvalue weighted by Gasteiger charge is 2.55. The molecule has 0 aromatic heterocycles. The molecule has 1 saturated heterocycles. The maximum absolute atomic E-state index is 13.0. The van der Waals surface area contributed by atoms with Gasteiger partial charge in [-0.15, -0.1) is 0 Å². The topological polar surface area (TPSA) is 126 Å². The highest BCUT2D eigenvalue weighted by molar-refractivity contribution is 6.21. The minimum absolute atomic E-state index is 0.215. The number of carbonyl (C=O) groups is 5. The van der Waals surface area contributed by atoms with Crippen molar-refractivity contribution < 1.29 is 42.9 Å². The Balaban J connectivity index is 2.01. The molecule has 0 spiro atoms. The third-order valence-corrected chi connectivity index (χ3v) is 5.08. The second kappa shape index (κ2) is 8.84. The smallest absolute Gasteiger partial charge is 0.303 e. The molecule has 5 atom stereocenters. The van der Waals surface area contributed by atoms with Crippen LogP contribution < -0.4 is 0 Å². The fraction of sp³-hybridized carbons (Fsp3) is 0.476. The van der Waals surface area contributed by atoms with E-state index in [1.807, 2.05) is 0 Å². The number of hydrogen-bond acceptors (Lipinski definition) is 9. The minimum atomic E-state index is -1.23. The summed E-state index contributed by atoms with van der Waals surface area (Å²) >= 11 is 0. The van der Waals surface area contributed by atoms with Crippen LogP contribution in [0.1, 0.15) is 48.4 Å². The lowest BCUT2D eigenvalue weighted by molar-refractivity contribution is -0.227. The van der Waals surface area contributed by atoms with E-state index in [0.29, 0.717) is 0 Å². The molecule has 2 amide bonds. The van der Waals surface area contributed by atoms with E-state index in [1.165, 1.54) is 19.1 Å². The zero-order valence-electron chi connectivity index (χ0n) is 17.5. The molecule has 31 heavy (non-hydrogen) atoms. The van der Waals surface area contributed by atoms with Crippen molar-refractivity contribution in [3.8, 4) is 0 Å². The fourth-order valence-electron chi connectivity index (χ4n) is 3.94. The molecule has 3 rings (SSSR count). The van der Waals surface area contributed by atoms with Gasteiger partial charge in [0, 0.05) is 20.8 Å². The minimum Gasteiger partial charge on any atom is -0.463 e. The third kappa shape index (κ3) is 4.43. The predicted molar refractivity (Wildman–Crippen MR) is 103 cm³/mol. The van der Waals surface area contributed by atoms with Crippen molar-refractivity contribution in [2.45, 2.75) is 58.2 Å². The Labute approximate surface area is 178 Å². The Bertz CT molecular complexity index is 892. The van der Waals surface area contributed by atoms with Crippen LogP contribution in [0.25, 0.3) is 0 Å². The molecule has 1 fully saturated rings. The lowest BCUT2D eigenvalue weighted by Crippen LogP contribution is -2.66. The number of ether oxygens (including phenoxy) is 4. The van der Waals surface area contributed by atoms with E-state index in [-0.39, 0.29) is 17.7 Å². The van der Waals surface area contributed by atoms with Gasteiger partial charge in [0.05, 0.1) is 17.2 Å². The molecule has 166 valence electrons. The van der Waals surface area contributed by atoms with Crippen molar-refractivity contribution in [3.63, 3.8) is 0 Å². The van der Waals surface area contributed by atoms with Gasteiger partial charge in [-0.2, -0.15) is 0 Å². The van der Waals surface area contributed by atoms with Gasteiger partial charge in [-0.3, -0.25) is 28.9 Å². The quantitative estimate of drug-likeness (QED) is 0.378. The molecule has 1 aromatic carbocycles. The van der Waals surface area contributed by atoms with E-state index < -0.39 is 60.2 Å². The standard InChI is InChI=1S/C21H23NO9/c1-10-17(22-20(26)14-7-5-6-8-15(14)21(22)27)19(31-13(4)25)18(30-12(3)24)16(29-10)9-28-11(2)23/h5-8,10,16-19H,9H2,1-4H3/t10-,16?,17?,18+,19+/m0/s1. The number of carbonyl (C=O) groups excluding carboxylic acids is 5. The number of rotatable bonds is 5. The number of amides is 2. The molecule has 2 unspecified atom stereocenters. The van der Waals surface area contributed by atoms with Gasteiger partial charge in [0.25, 0.3) is 11.8 Å². The normalized spacial score (nSPS) is 27.5. The first kappa shape index (κ1) is 22.4. The Morgan fingerprint density at radius 2 is 1.42 bits per heavy atom. The summed E-state index contributed by atoms with van der Waals surface area (Å²) in [6.07, 6.45) is -4.24. The van der Waals surface area contributed by atoms with Crippen LogP contribution in [-0.2, 0) is 33.3 Å². The van der Waals surface area contributed by atoms with Crippen LogP contribution in [0.3, 0.4) is 0 Å². The molecular formula is C21H23NO9. The molecule has 0 N–H and O–H groups in total. The summed E-state index contributed by atoms with van der Waals surface area (Å²) in [6.45, 7) is 4.84. The SMILES string of the molecule is CC(=O)OCC1O[C@@H](C)C(N2C(=O)c3ccccc3C2=O)[C@@H](OC(C)=O)[C@@H]1OC(C)=O. The van der Waals surface area contributed by atoms with Crippen LogP contribution in [-0.4, -0.2) is 71.7 Å². The average Bonchev–Trinajstić information content (AvgIpc) is 2.93. The van der Waals surface area contributed by atoms with Crippen LogP contribution in [0, 0.1) is 0 Å². The first-order valence-corrected chi connectivity index (χ1v) is 9.72. The maximum Gasteiger partial charge on any atom is 0.303 e. The molecule has 2 aliphatic heterocycles.